The normalized spacial score (nSPS) is 44.5. The second-order valence-electron chi connectivity index (χ2n) is 13.1. The molecule has 0 amide bonds. The first kappa shape index (κ1) is 25.7. The highest BCUT2D eigenvalue weighted by Gasteiger charge is 2.67. The predicted octanol–water partition coefficient (Wildman–Crippen LogP) is 5.98. The molecule has 5 heteroatoms. The van der Waals surface area contributed by atoms with Crippen molar-refractivity contribution in [3.63, 3.8) is 0 Å². The van der Waals surface area contributed by atoms with Gasteiger partial charge in [0.05, 0.1) is 0 Å². The first-order chi connectivity index (χ1) is 16.2. The monoisotopic (exact) mass is 474 g/mol. The van der Waals surface area contributed by atoms with Crippen LogP contribution in [0.15, 0.2) is 0 Å². The zero-order chi connectivity index (χ0) is 24.7. The molecule has 0 bridgehead atoms. The van der Waals surface area contributed by atoms with Gasteiger partial charge in [-0.05, 0) is 73.0 Å². The maximum Gasteiger partial charge on any atom is 0.293 e. The summed E-state index contributed by atoms with van der Waals surface area (Å²) in [5.74, 6) is 3.34. The summed E-state index contributed by atoms with van der Waals surface area (Å²) in [4.78, 5) is 35.6. The molecule has 0 aromatic heterocycles. The van der Waals surface area contributed by atoms with Crippen LogP contribution >= 0.6 is 0 Å². The maximum atomic E-state index is 12.4. The van der Waals surface area contributed by atoms with E-state index in [4.69, 9.17) is 9.47 Å². The van der Waals surface area contributed by atoms with Crippen LogP contribution in [0.1, 0.15) is 98.8 Å². The Bertz CT molecular complexity index is 764. The van der Waals surface area contributed by atoms with Gasteiger partial charge < -0.3 is 9.47 Å². The van der Waals surface area contributed by atoms with E-state index < -0.39 is 0 Å². The van der Waals surface area contributed by atoms with Crippen LogP contribution in [0, 0.1) is 52.3 Å². The number of hydrogen-bond acceptors (Lipinski definition) is 5. The summed E-state index contributed by atoms with van der Waals surface area (Å²) < 4.78 is 11.8. The molecule has 4 rings (SSSR count). The SMILES string of the molecule is CC(C)CCC[C@@H](C)[C@H]1CC[C@H]2[C@@H]3[C@H](OC=O)C[C@@H]4CC(=O)CC[C@]4(C)[C@H]3C[C@H](OC=O)[C@]12C. The topological polar surface area (TPSA) is 69.7 Å². The van der Waals surface area contributed by atoms with E-state index in [0.29, 0.717) is 55.2 Å². The van der Waals surface area contributed by atoms with Crippen molar-refractivity contribution in [2.24, 2.45) is 52.3 Å². The minimum absolute atomic E-state index is 0.0358. The fraction of sp³-hybridized carbons (Fsp3) is 0.897. The molecule has 4 saturated carbocycles. The summed E-state index contributed by atoms with van der Waals surface area (Å²) in [6.45, 7) is 13.0. The first-order valence-corrected chi connectivity index (χ1v) is 13.9. The van der Waals surface area contributed by atoms with Crippen LogP contribution in [0.3, 0.4) is 0 Å². The predicted molar refractivity (Wildman–Crippen MR) is 131 cm³/mol. The van der Waals surface area contributed by atoms with Gasteiger partial charge in [0.15, 0.2) is 0 Å². The number of ketones is 1. The molecule has 0 heterocycles. The molecule has 0 aliphatic heterocycles. The van der Waals surface area contributed by atoms with Gasteiger partial charge in [0.1, 0.15) is 18.0 Å². The third kappa shape index (κ3) is 4.23. The van der Waals surface area contributed by atoms with E-state index in [2.05, 4.69) is 34.6 Å². The van der Waals surface area contributed by atoms with E-state index >= 15 is 0 Å². The smallest absolute Gasteiger partial charge is 0.293 e. The Hall–Kier alpha value is -1.39. The number of carbonyl (C=O) groups excluding carboxylic acids is 3. The average Bonchev–Trinajstić information content (AvgIpc) is 3.13. The molecule has 0 aromatic rings. The molecule has 0 spiro atoms. The fourth-order valence-corrected chi connectivity index (χ4v) is 9.42. The van der Waals surface area contributed by atoms with Crippen LogP contribution in [0.2, 0.25) is 0 Å². The quantitative estimate of drug-likeness (QED) is 0.385. The molecule has 0 saturated heterocycles. The summed E-state index contributed by atoms with van der Waals surface area (Å²) in [5.41, 5.74) is -0.0639. The summed E-state index contributed by atoms with van der Waals surface area (Å²) in [7, 11) is 0. The number of hydrogen-bond donors (Lipinski definition) is 0. The number of Topliss-reactive ketones (excluding diaryl/α,β-unsaturated/α-hetero) is 1. The lowest BCUT2D eigenvalue weighted by Crippen LogP contribution is -2.63. The van der Waals surface area contributed by atoms with E-state index in [9.17, 15) is 14.4 Å². The Morgan fingerprint density at radius 1 is 1.00 bits per heavy atom. The average molecular weight is 475 g/mol. The Morgan fingerprint density at radius 2 is 1.74 bits per heavy atom. The molecule has 10 atom stereocenters. The lowest BCUT2D eigenvalue weighted by Gasteiger charge is -2.63. The van der Waals surface area contributed by atoms with Gasteiger partial charge >= 0.3 is 0 Å². The van der Waals surface area contributed by atoms with Crippen LogP contribution in [0.4, 0.5) is 0 Å². The molecule has 0 N–H and O–H groups in total. The molecule has 5 nitrogen and oxygen atoms in total. The molecular formula is C29H46O5. The third-order valence-electron chi connectivity index (χ3n) is 11.2. The van der Waals surface area contributed by atoms with Crippen molar-refractivity contribution >= 4 is 18.7 Å². The third-order valence-corrected chi connectivity index (χ3v) is 11.2. The van der Waals surface area contributed by atoms with Crippen LogP contribution in [-0.4, -0.2) is 30.9 Å². The fourth-order valence-electron chi connectivity index (χ4n) is 9.42. The second kappa shape index (κ2) is 9.93. The molecule has 0 aromatic carbocycles. The van der Waals surface area contributed by atoms with Crippen LogP contribution in [0.25, 0.3) is 0 Å². The van der Waals surface area contributed by atoms with E-state index in [1.165, 1.54) is 19.3 Å². The lowest BCUT2D eigenvalue weighted by molar-refractivity contribution is -0.212. The molecule has 34 heavy (non-hydrogen) atoms. The molecule has 0 radical (unpaired) electrons. The van der Waals surface area contributed by atoms with E-state index in [1.54, 1.807) is 0 Å². The van der Waals surface area contributed by atoms with Crippen molar-refractivity contribution in [2.45, 2.75) is 111 Å². The second-order valence-corrected chi connectivity index (χ2v) is 13.1. The van der Waals surface area contributed by atoms with Gasteiger partial charge in [0, 0.05) is 24.2 Å². The zero-order valence-corrected chi connectivity index (χ0v) is 22.0. The summed E-state index contributed by atoms with van der Waals surface area (Å²) >= 11 is 0. The van der Waals surface area contributed by atoms with E-state index in [-0.39, 0.29) is 34.9 Å². The van der Waals surface area contributed by atoms with Crippen molar-refractivity contribution < 1.29 is 23.9 Å². The Morgan fingerprint density at radius 3 is 2.41 bits per heavy atom. The van der Waals surface area contributed by atoms with Crippen molar-refractivity contribution in [3.8, 4) is 0 Å². The molecule has 192 valence electrons. The van der Waals surface area contributed by atoms with Crippen LogP contribution in [-0.2, 0) is 23.9 Å². The van der Waals surface area contributed by atoms with Gasteiger partial charge in [0.25, 0.3) is 12.9 Å². The van der Waals surface area contributed by atoms with Gasteiger partial charge in [-0.3, -0.25) is 14.4 Å². The summed E-state index contributed by atoms with van der Waals surface area (Å²) in [5, 5.41) is 0. The van der Waals surface area contributed by atoms with E-state index in [0.717, 1.165) is 38.0 Å². The van der Waals surface area contributed by atoms with Crippen molar-refractivity contribution in [3.05, 3.63) is 0 Å². The van der Waals surface area contributed by atoms with E-state index in [1.807, 2.05) is 0 Å². The van der Waals surface area contributed by atoms with Gasteiger partial charge in [-0.2, -0.15) is 0 Å². The number of fused-ring (bicyclic) bond motifs is 5. The molecular weight excluding hydrogens is 428 g/mol. The van der Waals surface area contributed by atoms with Crippen molar-refractivity contribution in [1.82, 2.24) is 0 Å². The highest BCUT2D eigenvalue weighted by atomic mass is 16.5. The Kier molecular flexibility index (Phi) is 7.51. The molecule has 4 fully saturated rings. The molecule has 4 aliphatic rings. The van der Waals surface area contributed by atoms with Gasteiger partial charge in [0.2, 0.25) is 0 Å². The highest BCUT2D eigenvalue weighted by Crippen LogP contribution is 2.69. The molecule has 0 unspecified atom stereocenters. The van der Waals surface area contributed by atoms with Gasteiger partial charge in [-0.15, -0.1) is 0 Å². The number of ether oxygens (including phenoxy) is 2. The number of carbonyl (C=O) groups is 3. The minimum atomic E-state index is -0.136. The standard InChI is InChI=1S/C29H46O5/c1-18(2)7-6-8-19(3)22-9-10-23-27-24(15-26(34-17-31)29(22,23)5)28(4)12-11-21(32)13-20(28)14-25(27)33-16-30/h16-20,22-27H,6-15H2,1-5H3/t19-,20+,22-,23+,24+,25-,26+,27+,28+,29-/m1/s1. The van der Waals surface area contributed by atoms with Crippen molar-refractivity contribution in [1.29, 1.82) is 0 Å². The Labute approximate surface area is 206 Å². The van der Waals surface area contributed by atoms with Gasteiger partial charge in [-0.1, -0.05) is 53.9 Å². The van der Waals surface area contributed by atoms with Crippen LogP contribution < -0.4 is 0 Å². The Balaban J connectivity index is 1.67. The lowest BCUT2D eigenvalue weighted by atomic mass is 9.43. The molecule has 4 aliphatic carbocycles. The zero-order valence-electron chi connectivity index (χ0n) is 22.0. The van der Waals surface area contributed by atoms with Crippen molar-refractivity contribution in [2.75, 3.05) is 0 Å². The highest BCUT2D eigenvalue weighted by molar-refractivity contribution is 5.79. The summed E-state index contributed by atoms with van der Waals surface area (Å²) in [6.07, 6.45) is 9.47. The summed E-state index contributed by atoms with van der Waals surface area (Å²) in [6, 6.07) is 0. The minimum Gasteiger partial charge on any atom is -0.464 e. The van der Waals surface area contributed by atoms with Crippen LogP contribution in [0.5, 0.6) is 0 Å². The largest absolute Gasteiger partial charge is 0.464 e. The van der Waals surface area contributed by atoms with Gasteiger partial charge in [-0.25, -0.2) is 0 Å². The maximum absolute atomic E-state index is 12.4. The first-order valence-electron chi connectivity index (χ1n) is 13.9. The number of rotatable bonds is 9.